The molecule has 0 aliphatic carbocycles. The number of benzene rings is 2. The van der Waals surface area contributed by atoms with Crippen LogP contribution in [0.1, 0.15) is 15.2 Å². The molecule has 2 aromatic carbocycles. The molecule has 1 amide bonds. The Labute approximate surface area is 183 Å². The van der Waals surface area contributed by atoms with Crippen molar-refractivity contribution in [1.82, 2.24) is 9.71 Å². The minimum atomic E-state index is -4.74. The summed E-state index contributed by atoms with van der Waals surface area (Å²) >= 11 is 1.05. The van der Waals surface area contributed by atoms with E-state index in [1.54, 1.807) is 6.92 Å². The molecule has 0 aliphatic heterocycles. The van der Waals surface area contributed by atoms with Gasteiger partial charge in [-0.15, -0.1) is 11.3 Å². The van der Waals surface area contributed by atoms with Gasteiger partial charge in [0.1, 0.15) is 6.54 Å². The predicted octanol–water partition coefficient (Wildman–Crippen LogP) is 4.49. The van der Waals surface area contributed by atoms with Gasteiger partial charge in [0, 0.05) is 16.0 Å². The third-order valence-corrected chi connectivity index (χ3v) is 6.36. The van der Waals surface area contributed by atoms with Gasteiger partial charge in [0.05, 0.1) is 10.6 Å². The molecule has 3 aromatic rings. The molecule has 0 spiro atoms. The van der Waals surface area contributed by atoms with Crippen LogP contribution in [0.15, 0.2) is 47.4 Å². The Balaban J connectivity index is 1.80. The number of rotatable bonds is 6. The summed E-state index contributed by atoms with van der Waals surface area (Å²) in [7, 11) is -4.50. The van der Waals surface area contributed by atoms with Crippen LogP contribution in [0.3, 0.4) is 0 Å². The van der Waals surface area contributed by atoms with Gasteiger partial charge in [0.2, 0.25) is 10.0 Å². The third kappa shape index (κ3) is 5.66. The number of sulfonamides is 1. The fraction of sp³-hybridized carbons (Fsp3) is 0.158. The highest BCUT2D eigenvalue weighted by Gasteiger charge is 2.30. The highest BCUT2D eigenvalue weighted by Crippen LogP contribution is 2.31. The van der Waals surface area contributed by atoms with Crippen molar-refractivity contribution < 1.29 is 35.2 Å². The van der Waals surface area contributed by atoms with Crippen LogP contribution in [0, 0.1) is 18.6 Å². The van der Waals surface area contributed by atoms with E-state index in [0.29, 0.717) is 16.1 Å². The molecule has 0 saturated heterocycles. The monoisotopic (exact) mass is 491 g/mol. The van der Waals surface area contributed by atoms with E-state index in [2.05, 4.69) is 10.3 Å². The number of nitrogens with zero attached hydrogens (tertiary/aromatic N) is 1. The zero-order valence-corrected chi connectivity index (χ0v) is 17.8. The molecule has 1 heterocycles. The van der Waals surface area contributed by atoms with Gasteiger partial charge in [-0.3, -0.25) is 10.1 Å². The number of amides is 1. The van der Waals surface area contributed by atoms with Crippen LogP contribution < -0.4 is 10.0 Å². The number of alkyl halides is 3. The molecule has 13 heteroatoms. The molecule has 0 unspecified atom stereocenters. The molecule has 1 aromatic heterocycles. The summed E-state index contributed by atoms with van der Waals surface area (Å²) in [5.74, 6) is -2.84. The van der Waals surface area contributed by atoms with Gasteiger partial charge >= 0.3 is 6.18 Å². The summed E-state index contributed by atoms with van der Waals surface area (Å²) in [4.78, 5) is 16.8. The first-order valence-electron chi connectivity index (χ1n) is 8.76. The van der Waals surface area contributed by atoms with Crippen molar-refractivity contribution in [2.24, 2.45) is 0 Å². The summed E-state index contributed by atoms with van der Waals surface area (Å²) in [6.45, 7) is -0.0969. The van der Waals surface area contributed by atoms with Crippen LogP contribution in [0.25, 0.3) is 11.3 Å². The number of aromatic nitrogens is 1. The van der Waals surface area contributed by atoms with E-state index in [-0.39, 0.29) is 10.7 Å². The van der Waals surface area contributed by atoms with Gasteiger partial charge in [-0.2, -0.15) is 13.2 Å². The molecular formula is C19H14F5N3O3S2. The summed E-state index contributed by atoms with van der Waals surface area (Å²) < 4.78 is 89.1. The van der Waals surface area contributed by atoms with Crippen molar-refractivity contribution in [2.75, 3.05) is 11.9 Å². The Morgan fingerprint density at radius 2 is 1.81 bits per heavy atom. The van der Waals surface area contributed by atoms with E-state index in [9.17, 15) is 35.2 Å². The number of halogens is 5. The number of hydrogen-bond acceptors (Lipinski definition) is 5. The van der Waals surface area contributed by atoms with Crippen molar-refractivity contribution in [3.05, 3.63) is 64.5 Å². The first-order valence-corrected chi connectivity index (χ1v) is 11.1. The number of hydrogen-bond donors (Lipinski definition) is 2. The molecule has 2 N–H and O–H groups in total. The Kier molecular flexibility index (Phi) is 6.62. The standard InChI is InChI=1S/C19H14F5N3O3S2/c1-10-16(11-5-6-14(20)15(21)8-11)26-18(31-10)27-17(28)12-3-2-4-13(7-12)32(29,30)25-9-19(22,23)24/h2-8,25H,9H2,1H3,(H,26,27,28). The largest absolute Gasteiger partial charge is 0.402 e. The lowest BCUT2D eigenvalue weighted by molar-refractivity contribution is -0.121. The van der Waals surface area contributed by atoms with Crippen molar-refractivity contribution in [1.29, 1.82) is 0 Å². The lowest BCUT2D eigenvalue weighted by atomic mass is 10.1. The summed E-state index contributed by atoms with van der Waals surface area (Å²) in [5, 5.41) is 2.56. The zero-order valence-electron chi connectivity index (χ0n) is 16.1. The second-order valence-corrected chi connectivity index (χ2v) is 9.44. The van der Waals surface area contributed by atoms with Gasteiger partial charge in [0.25, 0.3) is 5.91 Å². The number of carbonyl (C=O) groups is 1. The minimum absolute atomic E-state index is 0.107. The molecule has 0 fully saturated rings. The van der Waals surface area contributed by atoms with Crippen LogP contribution in [-0.2, 0) is 10.0 Å². The van der Waals surface area contributed by atoms with Crippen molar-refractivity contribution >= 4 is 32.4 Å². The van der Waals surface area contributed by atoms with Gasteiger partial charge in [0.15, 0.2) is 16.8 Å². The summed E-state index contributed by atoms with van der Waals surface area (Å²) in [6, 6.07) is 7.68. The van der Waals surface area contributed by atoms with Crippen LogP contribution in [0.5, 0.6) is 0 Å². The van der Waals surface area contributed by atoms with Gasteiger partial charge < -0.3 is 0 Å². The first kappa shape index (κ1) is 23.8. The molecule has 0 radical (unpaired) electrons. The Bertz CT molecular complexity index is 1270. The minimum Gasteiger partial charge on any atom is -0.298 e. The van der Waals surface area contributed by atoms with E-state index >= 15 is 0 Å². The fourth-order valence-electron chi connectivity index (χ4n) is 2.60. The first-order chi connectivity index (χ1) is 14.9. The van der Waals surface area contributed by atoms with Crippen LogP contribution in [-0.4, -0.2) is 32.0 Å². The zero-order chi connectivity index (χ0) is 23.7. The SMILES string of the molecule is Cc1sc(NC(=O)c2cccc(S(=O)(=O)NCC(F)(F)F)c2)nc1-c1ccc(F)c(F)c1. The average Bonchev–Trinajstić information content (AvgIpc) is 3.08. The summed E-state index contributed by atoms with van der Waals surface area (Å²) in [5.41, 5.74) is 0.473. The Morgan fingerprint density at radius 3 is 2.47 bits per heavy atom. The van der Waals surface area contributed by atoms with E-state index in [0.717, 1.165) is 35.6 Å². The van der Waals surface area contributed by atoms with Crippen molar-refractivity contribution in [3.63, 3.8) is 0 Å². The fourth-order valence-corrected chi connectivity index (χ4v) is 4.49. The topological polar surface area (TPSA) is 88.2 Å². The molecule has 0 atom stereocenters. The molecule has 0 saturated carbocycles. The normalized spacial score (nSPS) is 12.1. The Morgan fingerprint density at radius 1 is 1.09 bits per heavy atom. The van der Waals surface area contributed by atoms with Crippen LogP contribution in [0.4, 0.5) is 27.1 Å². The van der Waals surface area contributed by atoms with Gasteiger partial charge in [-0.05, 0) is 43.3 Å². The number of carbonyl (C=O) groups excluding carboxylic acids is 1. The molecule has 170 valence electrons. The second-order valence-electron chi connectivity index (χ2n) is 6.47. The number of anilines is 1. The lowest BCUT2D eigenvalue weighted by Crippen LogP contribution is -2.33. The molecular weight excluding hydrogens is 477 g/mol. The molecule has 6 nitrogen and oxygen atoms in total. The Hall–Kier alpha value is -2.90. The second kappa shape index (κ2) is 8.92. The average molecular weight is 491 g/mol. The van der Waals surface area contributed by atoms with Gasteiger partial charge in [-0.1, -0.05) is 6.07 Å². The van der Waals surface area contributed by atoms with E-state index in [1.807, 2.05) is 0 Å². The van der Waals surface area contributed by atoms with Crippen LogP contribution in [0.2, 0.25) is 0 Å². The van der Waals surface area contributed by atoms with E-state index in [4.69, 9.17) is 0 Å². The predicted molar refractivity (Wildman–Crippen MR) is 108 cm³/mol. The van der Waals surface area contributed by atoms with Gasteiger partial charge in [-0.25, -0.2) is 26.9 Å². The number of thiazole rings is 1. The van der Waals surface area contributed by atoms with Crippen molar-refractivity contribution in [2.45, 2.75) is 18.0 Å². The molecule has 32 heavy (non-hydrogen) atoms. The van der Waals surface area contributed by atoms with Crippen molar-refractivity contribution in [3.8, 4) is 11.3 Å². The molecule has 3 rings (SSSR count). The molecule has 0 bridgehead atoms. The molecule has 0 aliphatic rings. The smallest absolute Gasteiger partial charge is 0.298 e. The number of nitrogens with one attached hydrogen (secondary N) is 2. The quantitative estimate of drug-likeness (QED) is 0.498. The highest BCUT2D eigenvalue weighted by atomic mass is 32.2. The van der Waals surface area contributed by atoms with E-state index < -0.39 is 45.2 Å². The maximum absolute atomic E-state index is 13.5. The maximum atomic E-state index is 13.5. The third-order valence-electron chi connectivity index (χ3n) is 4.08. The maximum Gasteiger partial charge on any atom is 0.402 e. The highest BCUT2D eigenvalue weighted by molar-refractivity contribution is 7.89. The number of aryl methyl sites for hydroxylation is 1. The summed E-state index contributed by atoms with van der Waals surface area (Å²) in [6.07, 6.45) is -4.74. The lowest BCUT2D eigenvalue weighted by Gasteiger charge is -2.10. The van der Waals surface area contributed by atoms with E-state index in [1.165, 1.54) is 22.9 Å². The van der Waals surface area contributed by atoms with Crippen LogP contribution >= 0.6 is 11.3 Å².